The van der Waals surface area contributed by atoms with Crippen LogP contribution < -0.4 is 5.32 Å². The molecule has 17 heavy (non-hydrogen) atoms. The summed E-state index contributed by atoms with van der Waals surface area (Å²) >= 11 is 12.6. The molecule has 0 radical (unpaired) electrons. The minimum absolute atomic E-state index is 0.292. The second-order valence-electron chi connectivity index (χ2n) is 3.36. The molecule has 0 saturated heterocycles. The van der Waals surface area contributed by atoms with Crippen molar-refractivity contribution in [1.82, 2.24) is 5.32 Å². The first kappa shape index (κ1) is 15.0. The molecule has 0 aliphatic rings. The Bertz CT molecular complexity index is 401. The predicted molar refractivity (Wildman–Crippen MR) is 75.6 cm³/mol. The molecule has 94 valence electrons. The number of benzene rings is 1. The minimum Gasteiger partial charge on any atom is -0.468 e. The van der Waals surface area contributed by atoms with E-state index in [0.29, 0.717) is 18.1 Å². The number of esters is 1. The number of ether oxygens (including phenoxy) is 1. The van der Waals surface area contributed by atoms with Gasteiger partial charge in [0, 0.05) is 22.6 Å². The van der Waals surface area contributed by atoms with E-state index in [4.69, 9.17) is 11.6 Å². The van der Waals surface area contributed by atoms with Crippen LogP contribution in [0.1, 0.15) is 5.56 Å². The zero-order chi connectivity index (χ0) is 12.8. The molecular formula is C11H12Br2ClNO2. The van der Waals surface area contributed by atoms with Crippen molar-refractivity contribution < 1.29 is 9.53 Å². The van der Waals surface area contributed by atoms with Crippen molar-refractivity contribution in [2.45, 2.75) is 11.4 Å². The number of hydrogen-bond acceptors (Lipinski definition) is 3. The SMILES string of the molecule is COC(=O)C(Br)CNCc1ccc(Br)cc1Cl. The van der Waals surface area contributed by atoms with E-state index in [0.717, 1.165) is 10.0 Å². The first-order valence-electron chi connectivity index (χ1n) is 4.91. The molecule has 0 fully saturated rings. The molecule has 1 unspecified atom stereocenters. The zero-order valence-corrected chi connectivity index (χ0v) is 13.1. The van der Waals surface area contributed by atoms with E-state index in [-0.39, 0.29) is 10.8 Å². The lowest BCUT2D eigenvalue weighted by atomic mass is 10.2. The van der Waals surface area contributed by atoms with E-state index in [1.165, 1.54) is 7.11 Å². The summed E-state index contributed by atoms with van der Waals surface area (Å²) in [4.78, 5) is 10.8. The van der Waals surface area contributed by atoms with Gasteiger partial charge in [-0.1, -0.05) is 49.5 Å². The van der Waals surface area contributed by atoms with Gasteiger partial charge in [-0.25, -0.2) is 0 Å². The summed E-state index contributed by atoms with van der Waals surface area (Å²) in [5.41, 5.74) is 0.986. The van der Waals surface area contributed by atoms with Gasteiger partial charge in [0.25, 0.3) is 0 Å². The van der Waals surface area contributed by atoms with E-state index in [9.17, 15) is 4.79 Å². The lowest BCUT2D eigenvalue weighted by molar-refractivity contribution is -0.139. The number of methoxy groups -OCH3 is 1. The number of nitrogens with one attached hydrogen (secondary N) is 1. The third-order valence-corrected chi connectivity index (χ3v) is 3.65. The smallest absolute Gasteiger partial charge is 0.320 e. The van der Waals surface area contributed by atoms with E-state index in [1.807, 2.05) is 18.2 Å². The van der Waals surface area contributed by atoms with Gasteiger partial charge >= 0.3 is 5.97 Å². The highest BCUT2D eigenvalue weighted by Gasteiger charge is 2.14. The van der Waals surface area contributed by atoms with Gasteiger partial charge in [-0.2, -0.15) is 0 Å². The molecule has 0 aliphatic heterocycles. The van der Waals surface area contributed by atoms with Crippen LogP contribution in [0, 0.1) is 0 Å². The maximum Gasteiger partial charge on any atom is 0.320 e. The highest BCUT2D eigenvalue weighted by atomic mass is 79.9. The van der Waals surface area contributed by atoms with Crippen molar-refractivity contribution >= 4 is 49.4 Å². The van der Waals surface area contributed by atoms with E-state index < -0.39 is 0 Å². The summed E-state index contributed by atoms with van der Waals surface area (Å²) in [6.45, 7) is 1.09. The molecule has 1 aromatic carbocycles. The number of rotatable bonds is 5. The summed E-state index contributed by atoms with van der Waals surface area (Å²) in [6.07, 6.45) is 0. The van der Waals surface area contributed by atoms with Gasteiger partial charge in [0.1, 0.15) is 4.83 Å². The van der Waals surface area contributed by atoms with Crippen LogP contribution in [-0.4, -0.2) is 24.5 Å². The molecule has 0 saturated carbocycles. The van der Waals surface area contributed by atoms with Crippen LogP contribution in [0.15, 0.2) is 22.7 Å². The van der Waals surface area contributed by atoms with Crippen LogP contribution in [0.4, 0.5) is 0 Å². The maximum atomic E-state index is 11.1. The van der Waals surface area contributed by atoms with Gasteiger partial charge in [-0.15, -0.1) is 0 Å². The van der Waals surface area contributed by atoms with Crippen LogP contribution in [0.3, 0.4) is 0 Å². The zero-order valence-electron chi connectivity index (χ0n) is 9.17. The van der Waals surface area contributed by atoms with Crippen molar-refractivity contribution in [2.75, 3.05) is 13.7 Å². The van der Waals surface area contributed by atoms with Crippen LogP contribution in [-0.2, 0) is 16.1 Å². The molecular weight excluding hydrogens is 373 g/mol. The summed E-state index contributed by atoms with van der Waals surface area (Å²) in [5.74, 6) is -0.292. The van der Waals surface area contributed by atoms with E-state index in [1.54, 1.807) is 0 Å². The molecule has 0 aliphatic carbocycles. The van der Waals surface area contributed by atoms with Gasteiger partial charge in [-0.3, -0.25) is 4.79 Å². The van der Waals surface area contributed by atoms with Gasteiger partial charge < -0.3 is 10.1 Å². The highest BCUT2D eigenvalue weighted by Crippen LogP contribution is 2.21. The number of hydrogen-bond donors (Lipinski definition) is 1. The molecule has 0 amide bonds. The Hall–Kier alpha value is -0.100. The molecule has 1 N–H and O–H groups in total. The average Bonchev–Trinajstić information content (AvgIpc) is 2.30. The first-order chi connectivity index (χ1) is 8.04. The largest absolute Gasteiger partial charge is 0.468 e. The Labute approximate surface area is 122 Å². The summed E-state index contributed by atoms with van der Waals surface area (Å²) < 4.78 is 5.54. The number of alkyl halides is 1. The third kappa shape index (κ3) is 4.95. The molecule has 0 spiro atoms. The fourth-order valence-electron chi connectivity index (χ4n) is 1.21. The highest BCUT2D eigenvalue weighted by molar-refractivity contribution is 9.10. The summed E-state index contributed by atoms with van der Waals surface area (Å²) in [6, 6.07) is 5.69. The third-order valence-electron chi connectivity index (χ3n) is 2.11. The first-order valence-corrected chi connectivity index (χ1v) is 6.99. The number of carbonyl (C=O) groups is 1. The molecule has 6 heteroatoms. The molecule has 1 aromatic rings. The van der Waals surface area contributed by atoms with Crippen molar-refractivity contribution in [3.05, 3.63) is 33.3 Å². The Morgan fingerprint density at radius 1 is 1.59 bits per heavy atom. The summed E-state index contributed by atoms with van der Waals surface area (Å²) in [5, 5.41) is 3.82. The van der Waals surface area contributed by atoms with Gasteiger partial charge in [0.2, 0.25) is 0 Å². The maximum absolute atomic E-state index is 11.1. The van der Waals surface area contributed by atoms with Crippen molar-refractivity contribution in [3.63, 3.8) is 0 Å². The average molecular weight is 385 g/mol. The fraction of sp³-hybridized carbons (Fsp3) is 0.364. The Morgan fingerprint density at radius 2 is 2.29 bits per heavy atom. The van der Waals surface area contributed by atoms with Gasteiger partial charge in [-0.05, 0) is 17.7 Å². The van der Waals surface area contributed by atoms with Gasteiger partial charge in [0.15, 0.2) is 0 Å². The molecule has 3 nitrogen and oxygen atoms in total. The monoisotopic (exact) mass is 383 g/mol. The topological polar surface area (TPSA) is 38.3 Å². The van der Waals surface area contributed by atoms with Gasteiger partial charge in [0.05, 0.1) is 7.11 Å². The second kappa shape index (κ2) is 7.36. The summed E-state index contributed by atoms with van der Waals surface area (Å²) in [7, 11) is 1.36. The Morgan fingerprint density at radius 3 is 2.88 bits per heavy atom. The molecule has 1 atom stereocenters. The molecule has 1 rings (SSSR count). The molecule has 0 heterocycles. The van der Waals surface area contributed by atoms with Crippen LogP contribution in [0.2, 0.25) is 5.02 Å². The predicted octanol–water partition coefficient (Wildman–Crippen LogP) is 3.13. The number of halogens is 3. The fourth-order valence-corrected chi connectivity index (χ4v) is 2.37. The Balaban J connectivity index is 2.43. The van der Waals surface area contributed by atoms with Crippen LogP contribution in [0.5, 0.6) is 0 Å². The van der Waals surface area contributed by atoms with Crippen molar-refractivity contribution in [3.8, 4) is 0 Å². The molecule has 0 aromatic heterocycles. The van der Waals surface area contributed by atoms with Crippen LogP contribution >= 0.6 is 43.5 Å². The van der Waals surface area contributed by atoms with Crippen molar-refractivity contribution in [1.29, 1.82) is 0 Å². The van der Waals surface area contributed by atoms with Crippen LogP contribution in [0.25, 0.3) is 0 Å². The number of carbonyl (C=O) groups excluding carboxylic acids is 1. The molecule has 0 bridgehead atoms. The van der Waals surface area contributed by atoms with Crippen molar-refractivity contribution in [2.24, 2.45) is 0 Å². The van der Waals surface area contributed by atoms with E-state index >= 15 is 0 Å². The second-order valence-corrected chi connectivity index (χ2v) is 5.79. The minimum atomic E-state index is -0.346. The Kier molecular flexibility index (Phi) is 6.48. The normalized spacial score (nSPS) is 12.2. The lowest BCUT2D eigenvalue weighted by Crippen LogP contribution is -2.29. The quantitative estimate of drug-likeness (QED) is 0.625. The standard InChI is InChI=1S/C11H12Br2ClNO2/c1-17-11(16)9(13)6-15-5-7-2-3-8(12)4-10(7)14/h2-4,9,15H,5-6H2,1H3. The lowest BCUT2D eigenvalue weighted by Gasteiger charge is -2.10. The van der Waals surface area contributed by atoms with E-state index in [2.05, 4.69) is 41.9 Å².